The average molecular weight is 309 g/mol. The number of rotatable bonds is 1. The number of amides is 1. The van der Waals surface area contributed by atoms with E-state index >= 15 is 0 Å². The predicted molar refractivity (Wildman–Crippen MR) is 80.7 cm³/mol. The Balaban J connectivity index is 0.000000155. The van der Waals surface area contributed by atoms with E-state index in [-0.39, 0.29) is 6.04 Å². The zero-order chi connectivity index (χ0) is 15.3. The summed E-state index contributed by atoms with van der Waals surface area (Å²) in [6.45, 7) is 0. The number of nitrogens with one attached hydrogen (secondary N) is 1. The Hall–Kier alpha value is -1.82. The third-order valence-corrected chi connectivity index (χ3v) is 5.06. The highest BCUT2D eigenvalue weighted by Gasteiger charge is 2.18. The van der Waals surface area contributed by atoms with Gasteiger partial charge in [0.25, 0.3) is 0 Å². The van der Waals surface area contributed by atoms with E-state index in [1.807, 2.05) is 6.07 Å². The molecule has 0 unspecified atom stereocenters. The second-order valence-corrected chi connectivity index (χ2v) is 6.97. The first kappa shape index (κ1) is 15.6. The maximum Gasteiger partial charge on any atom is 0.404 e. The second kappa shape index (κ2) is 6.76. The molecule has 21 heavy (non-hydrogen) atoms. The van der Waals surface area contributed by atoms with Crippen LogP contribution in [0.1, 0.15) is 37.7 Å². The van der Waals surface area contributed by atoms with Gasteiger partial charge in [-0.05, 0) is 30.5 Å². The van der Waals surface area contributed by atoms with Crippen molar-refractivity contribution in [2.45, 2.75) is 43.0 Å². The minimum absolute atomic E-state index is 0.228. The summed E-state index contributed by atoms with van der Waals surface area (Å²) in [4.78, 5) is 10.6. The third kappa shape index (κ3) is 4.32. The Bertz CT molecular complexity index is 631. The zero-order valence-corrected chi connectivity index (χ0v) is 12.5. The fourth-order valence-corrected chi connectivity index (χ4v) is 3.74. The molecule has 5 nitrogen and oxygen atoms in total. The molecule has 0 aromatic heterocycles. The minimum Gasteiger partial charge on any atom is -0.465 e. The maximum absolute atomic E-state index is 11.2. The molecule has 0 bridgehead atoms. The monoisotopic (exact) mass is 309 g/mol. The lowest BCUT2D eigenvalue weighted by molar-refractivity contribution is 0.186. The van der Waals surface area contributed by atoms with Gasteiger partial charge in [0, 0.05) is 11.4 Å². The van der Waals surface area contributed by atoms with Crippen LogP contribution in [0.25, 0.3) is 6.08 Å². The van der Waals surface area contributed by atoms with Crippen molar-refractivity contribution in [2.75, 3.05) is 0 Å². The highest BCUT2D eigenvalue weighted by molar-refractivity contribution is 7.94. The Morgan fingerprint density at radius 3 is 2.43 bits per heavy atom. The van der Waals surface area contributed by atoms with Gasteiger partial charge < -0.3 is 10.4 Å². The molecular formula is C15H19NO4S. The van der Waals surface area contributed by atoms with Crippen LogP contribution in [0.4, 0.5) is 4.79 Å². The number of hydrogen-bond donors (Lipinski definition) is 2. The van der Waals surface area contributed by atoms with Gasteiger partial charge in [0.2, 0.25) is 0 Å². The molecule has 0 saturated heterocycles. The zero-order valence-electron chi connectivity index (χ0n) is 11.7. The topological polar surface area (TPSA) is 83.5 Å². The van der Waals surface area contributed by atoms with Gasteiger partial charge >= 0.3 is 6.09 Å². The van der Waals surface area contributed by atoms with Crippen molar-refractivity contribution >= 4 is 22.0 Å². The summed E-state index contributed by atoms with van der Waals surface area (Å²) in [7, 11) is -3.09. The van der Waals surface area contributed by atoms with Crippen LogP contribution < -0.4 is 5.32 Å². The predicted octanol–water partition coefficient (Wildman–Crippen LogP) is 3.03. The number of carbonyl (C=O) groups is 1. The number of fused-ring (bicyclic) bond motifs is 1. The summed E-state index contributed by atoms with van der Waals surface area (Å²) in [6.07, 6.45) is 6.38. The van der Waals surface area contributed by atoms with E-state index in [4.69, 9.17) is 5.11 Å². The minimum atomic E-state index is -3.09. The van der Waals surface area contributed by atoms with Gasteiger partial charge in [-0.15, -0.1) is 0 Å². The molecule has 0 spiro atoms. The molecule has 1 amide bonds. The van der Waals surface area contributed by atoms with E-state index in [0.29, 0.717) is 4.90 Å². The van der Waals surface area contributed by atoms with Crippen LogP contribution in [0.2, 0.25) is 0 Å². The van der Waals surface area contributed by atoms with Crippen LogP contribution in [0.3, 0.4) is 0 Å². The van der Waals surface area contributed by atoms with Crippen LogP contribution in [-0.2, 0) is 9.84 Å². The quantitative estimate of drug-likeness (QED) is 0.835. The summed E-state index contributed by atoms with van der Waals surface area (Å²) >= 11 is 0. The van der Waals surface area contributed by atoms with Crippen molar-refractivity contribution in [3.05, 3.63) is 35.2 Å². The lowest BCUT2D eigenvalue weighted by Gasteiger charge is -2.20. The highest BCUT2D eigenvalue weighted by atomic mass is 32.2. The summed E-state index contributed by atoms with van der Waals surface area (Å²) in [5, 5.41) is 12.1. The molecule has 1 aromatic carbocycles. The van der Waals surface area contributed by atoms with Gasteiger partial charge in [0.15, 0.2) is 9.84 Å². The van der Waals surface area contributed by atoms with Gasteiger partial charge in [0.05, 0.1) is 4.90 Å². The van der Waals surface area contributed by atoms with E-state index in [1.54, 1.807) is 24.3 Å². The molecule has 2 aliphatic rings. The van der Waals surface area contributed by atoms with Crippen LogP contribution in [0.5, 0.6) is 0 Å². The maximum atomic E-state index is 11.2. The van der Waals surface area contributed by atoms with Crippen LogP contribution >= 0.6 is 0 Å². The Labute approximate surface area is 124 Å². The highest BCUT2D eigenvalue weighted by Crippen LogP contribution is 2.25. The van der Waals surface area contributed by atoms with E-state index in [2.05, 4.69) is 5.32 Å². The molecule has 1 fully saturated rings. The summed E-state index contributed by atoms with van der Waals surface area (Å²) in [6, 6.07) is 7.18. The molecular weight excluding hydrogens is 290 g/mol. The molecule has 114 valence electrons. The standard InChI is InChI=1S/C8H6O2S.C7H13NO2/c9-11(10)6-5-7-3-1-2-4-8(7)11;9-7(10)8-6-4-2-1-3-5-6/h1-6H;6,8H,1-5H2,(H,9,10). The van der Waals surface area contributed by atoms with Gasteiger partial charge in [-0.2, -0.15) is 0 Å². The van der Waals surface area contributed by atoms with Gasteiger partial charge in [-0.3, -0.25) is 0 Å². The molecule has 1 aliphatic carbocycles. The first-order chi connectivity index (χ1) is 9.99. The van der Waals surface area contributed by atoms with Crippen molar-refractivity contribution < 1.29 is 18.3 Å². The number of carboxylic acid groups (broad SMARTS) is 1. The van der Waals surface area contributed by atoms with E-state index < -0.39 is 15.9 Å². The molecule has 1 saturated carbocycles. The fraction of sp³-hybridized carbons (Fsp3) is 0.400. The Morgan fingerprint density at radius 2 is 1.81 bits per heavy atom. The molecule has 2 N–H and O–H groups in total. The van der Waals surface area contributed by atoms with Crippen molar-refractivity contribution in [1.82, 2.24) is 5.32 Å². The van der Waals surface area contributed by atoms with Crippen LogP contribution in [0, 0.1) is 0 Å². The molecule has 0 radical (unpaired) electrons. The Kier molecular flexibility index (Phi) is 5.01. The van der Waals surface area contributed by atoms with E-state index in [0.717, 1.165) is 18.4 Å². The second-order valence-electron chi connectivity index (χ2n) is 5.17. The fourth-order valence-electron chi connectivity index (χ4n) is 2.54. The molecule has 1 aromatic rings. The van der Waals surface area contributed by atoms with Gasteiger partial charge in [-0.1, -0.05) is 37.5 Å². The van der Waals surface area contributed by atoms with Crippen molar-refractivity contribution in [3.8, 4) is 0 Å². The largest absolute Gasteiger partial charge is 0.465 e. The normalized spacial score (nSPS) is 19.2. The Morgan fingerprint density at radius 1 is 1.14 bits per heavy atom. The van der Waals surface area contributed by atoms with Crippen molar-refractivity contribution in [1.29, 1.82) is 0 Å². The smallest absolute Gasteiger partial charge is 0.404 e. The van der Waals surface area contributed by atoms with Crippen LogP contribution in [-0.4, -0.2) is 25.7 Å². The van der Waals surface area contributed by atoms with E-state index in [9.17, 15) is 13.2 Å². The first-order valence-corrected chi connectivity index (χ1v) is 8.55. The molecule has 1 aliphatic heterocycles. The van der Waals surface area contributed by atoms with Gasteiger partial charge in [0.1, 0.15) is 0 Å². The number of hydrogen-bond acceptors (Lipinski definition) is 3. The van der Waals surface area contributed by atoms with Crippen molar-refractivity contribution in [3.63, 3.8) is 0 Å². The average Bonchev–Trinajstić information content (AvgIpc) is 2.77. The van der Waals surface area contributed by atoms with Crippen molar-refractivity contribution in [2.24, 2.45) is 0 Å². The summed E-state index contributed by atoms with van der Waals surface area (Å²) in [5.74, 6) is 0. The molecule has 1 heterocycles. The van der Waals surface area contributed by atoms with Crippen LogP contribution in [0.15, 0.2) is 34.6 Å². The summed E-state index contributed by atoms with van der Waals surface area (Å²) in [5.41, 5.74) is 0.785. The first-order valence-electron chi connectivity index (χ1n) is 7.01. The van der Waals surface area contributed by atoms with E-state index in [1.165, 1.54) is 24.7 Å². The molecule has 0 atom stereocenters. The summed E-state index contributed by atoms with van der Waals surface area (Å²) < 4.78 is 22.3. The lowest BCUT2D eigenvalue weighted by atomic mass is 9.96. The number of sulfone groups is 1. The molecule has 3 rings (SSSR count). The molecule has 6 heteroatoms. The lowest BCUT2D eigenvalue weighted by Crippen LogP contribution is -2.34. The SMILES string of the molecule is O=C(O)NC1CCCCC1.O=S1(=O)C=Cc2ccccc21. The number of benzene rings is 1. The third-order valence-electron chi connectivity index (χ3n) is 3.59. The van der Waals surface area contributed by atoms with Gasteiger partial charge in [-0.25, -0.2) is 13.2 Å².